The molecule has 126 valence electrons. The lowest BCUT2D eigenvalue weighted by atomic mass is 9.93. The molecule has 23 heavy (non-hydrogen) atoms. The van der Waals surface area contributed by atoms with Crippen LogP contribution in [0, 0.1) is 5.92 Å². The van der Waals surface area contributed by atoms with Gasteiger partial charge < -0.3 is 19.9 Å². The Labute approximate surface area is 138 Å². The number of nitrogens with zero attached hydrogens (tertiary/aromatic N) is 1. The largest absolute Gasteiger partial charge is 0.480 e. The summed E-state index contributed by atoms with van der Waals surface area (Å²) in [6.07, 6.45) is 3.41. The van der Waals surface area contributed by atoms with Crippen LogP contribution >= 0.6 is 11.3 Å². The molecule has 2 aliphatic heterocycles. The van der Waals surface area contributed by atoms with Gasteiger partial charge in [-0.3, -0.25) is 4.79 Å². The summed E-state index contributed by atoms with van der Waals surface area (Å²) in [6.45, 7) is 1.72. The van der Waals surface area contributed by atoms with E-state index in [1.165, 1.54) is 11.3 Å². The van der Waals surface area contributed by atoms with Crippen molar-refractivity contribution in [2.45, 2.75) is 37.8 Å². The number of carboxylic acids is 1. The quantitative estimate of drug-likeness (QED) is 0.845. The zero-order chi connectivity index (χ0) is 16.2. The third-order valence-electron chi connectivity index (χ3n) is 4.18. The van der Waals surface area contributed by atoms with Gasteiger partial charge in [-0.05, 0) is 25.7 Å². The van der Waals surface area contributed by atoms with Crippen molar-refractivity contribution in [1.82, 2.24) is 10.3 Å². The highest BCUT2D eigenvalue weighted by Gasteiger charge is 2.32. The second kappa shape index (κ2) is 7.37. The minimum absolute atomic E-state index is 0.0384. The third kappa shape index (κ3) is 3.88. The molecular weight excluding hydrogens is 320 g/mol. The first-order chi connectivity index (χ1) is 11.1. The molecule has 2 saturated heterocycles. The SMILES string of the molecule is O=C(N[C@H](C(=O)O)[C@H]1CCCOC1)c1csc([C@H]2CCCO2)n1. The van der Waals surface area contributed by atoms with E-state index < -0.39 is 17.9 Å². The van der Waals surface area contributed by atoms with Crippen molar-refractivity contribution in [3.63, 3.8) is 0 Å². The Kier molecular flexibility index (Phi) is 5.24. The number of ether oxygens (including phenoxy) is 2. The lowest BCUT2D eigenvalue weighted by Gasteiger charge is -2.27. The van der Waals surface area contributed by atoms with Crippen LogP contribution in [0.5, 0.6) is 0 Å². The summed E-state index contributed by atoms with van der Waals surface area (Å²) < 4.78 is 10.9. The first kappa shape index (κ1) is 16.4. The summed E-state index contributed by atoms with van der Waals surface area (Å²) >= 11 is 1.38. The number of hydrogen-bond acceptors (Lipinski definition) is 6. The standard InChI is InChI=1S/C15H20N2O5S/c18-13(10-8-23-14(16-10)11-4-2-6-22-11)17-12(15(19)20)9-3-1-5-21-7-9/h8-9,11-12H,1-7H2,(H,17,18)(H,19,20)/t9-,11+,12-/m0/s1. The molecule has 1 aromatic rings. The number of aromatic nitrogens is 1. The summed E-state index contributed by atoms with van der Waals surface area (Å²) in [4.78, 5) is 28.1. The van der Waals surface area contributed by atoms with Gasteiger partial charge in [-0.1, -0.05) is 0 Å². The van der Waals surface area contributed by atoms with Crippen LogP contribution in [0.4, 0.5) is 0 Å². The smallest absolute Gasteiger partial charge is 0.326 e. The molecule has 0 radical (unpaired) electrons. The lowest BCUT2D eigenvalue weighted by Crippen LogP contribution is -2.48. The van der Waals surface area contributed by atoms with Crippen molar-refractivity contribution in [3.8, 4) is 0 Å². The Morgan fingerprint density at radius 2 is 2.17 bits per heavy atom. The molecule has 3 heterocycles. The molecule has 2 N–H and O–H groups in total. The maximum atomic E-state index is 12.3. The van der Waals surface area contributed by atoms with Crippen LogP contribution in [-0.2, 0) is 14.3 Å². The highest BCUT2D eigenvalue weighted by Crippen LogP contribution is 2.30. The van der Waals surface area contributed by atoms with Crippen molar-refractivity contribution in [2.75, 3.05) is 19.8 Å². The highest BCUT2D eigenvalue weighted by atomic mass is 32.1. The first-order valence-electron chi connectivity index (χ1n) is 7.83. The van der Waals surface area contributed by atoms with Crippen LogP contribution < -0.4 is 5.32 Å². The lowest BCUT2D eigenvalue weighted by molar-refractivity contribution is -0.142. The fourth-order valence-electron chi connectivity index (χ4n) is 2.94. The predicted octanol–water partition coefficient (Wildman–Crippen LogP) is 1.60. The van der Waals surface area contributed by atoms with E-state index in [-0.39, 0.29) is 17.7 Å². The van der Waals surface area contributed by atoms with Crippen molar-refractivity contribution in [3.05, 3.63) is 16.1 Å². The number of carbonyl (C=O) groups excluding carboxylic acids is 1. The number of amides is 1. The number of hydrogen-bond donors (Lipinski definition) is 2. The van der Waals surface area contributed by atoms with E-state index in [4.69, 9.17) is 9.47 Å². The molecular formula is C15H20N2O5S. The summed E-state index contributed by atoms with van der Waals surface area (Å²) in [5.41, 5.74) is 0.253. The molecule has 2 aliphatic rings. The van der Waals surface area contributed by atoms with Crippen LogP contribution in [0.3, 0.4) is 0 Å². The van der Waals surface area contributed by atoms with Crippen LogP contribution in [0.1, 0.15) is 47.3 Å². The maximum Gasteiger partial charge on any atom is 0.326 e. The normalized spacial score (nSPS) is 25.9. The second-order valence-electron chi connectivity index (χ2n) is 5.84. The predicted molar refractivity (Wildman–Crippen MR) is 82.5 cm³/mol. The van der Waals surface area contributed by atoms with Crippen molar-refractivity contribution >= 4 is 23.2 Å². The summed E-state index contributed by atoms with van der Waals surface area (Å²) in [5, 5.41) is 14.4. The van der Waals surface area contributed by atoms with E-state index in [9.17, 15) is 14.7 Å². The van der Waals surface area contributed by atoms with Crippen LogP contribution in [-0.4, -0.2) is 47.8 Å². The van der Waals surface area contributed by atoms with E-state index in [2.05, 4.69) is 10.3 Å². The van der Waals surface area contributed by atoms with Crippen molar-refractivity contribution in [1.29, 1.82) is 0 Å². The van der Waals surface area contributed by atoms with Gasteiger partial charge in [0.15, 0.2) is 0 Å². The molecule has 2 fully saturated rings. The van der Waals surface area contributed by atoms with E-state index in [0.29, 0.717) is 19.8 Å². The van der Waals surface area contributed by atoms with Crippen LogP contribution in [0.2, 0.25) is 0 Å². The number of thiazole rings is 1. The molecule has 3 atom stereocenters. The van der Waals surface area contributed by atoms with Gasteiger partial charge in [0, 0.05) is 24.5 Å². The summed E-state index contributed by atoms with van der Waals surface area (Å²) in [7, 11) is 0. The summed E-state index contributed by atoms with van der Waals surface area (Å²) in [5.74, 6) is -1.70. The summed E-state index contributed by atoms with van der Waals surface area (Å²) in [6, 6.07) is -0.948. The topological polar surface area (TPSA) is 97.8 Å². The molecule has 8 heteroatoms. The van der Waals surface area contributed by atoms with Gasteiger partial charge in [-0.15, -0.1) is 11.3 Å². The van der Waals surface area contributed by atoms with Gasteiger partial charge in [0.05, 0.1) is 6.61 Å². The number of aliphatic carboxylic acids is 1. The number of nitrogens with one attached hydrogen (secondary N) is 1. The van der Waals surface area contributed by atoms with Gasteiger partial charge in [0.1, 0.15) is 22.8 Å². The Morgan fingerprint density at radius 3 is 2.83 bits per heavy atom. The van der Waals surface area contributed by atoms with Gasteiger partial charge in [-0.2, -0.15) is 0 Å². The van der Waals surface area contributed by atoms with Crippen molar-refractivity contribution in [2.24, 2.45) is 5.92 Å². The van der Waals surface area contributed by atoms with E-state index >= 15 is 0 Å². The van der Waals surface area contributed by atoms with Gasteiger partial charge in [0.25, 0.3) is 5.91 Å². The fourth-order valence-corrected chi connectivity index (χ4v) is 3.82. The highest BCUT2D eigenvalue weighted by molar-refractivity contribution is 7.09. The molecule has 0 saturated carbocycles. The third-order valence-corrected chi connectivity index (χ3v) is 5.12. The molecule has 0 bridgehead atoms. The van der Waals surface area contributed by atoms with E-state index in [0.717, 1.165) is 30.7 Å². The van der Waals surface area contributed by atoms with Crippen LogP contribution in [0.25, 0.3) is 0 Å². The maximum absolute atomic E-state index is 12.3. The zero-order valence-corrected chi connectivity index (χ0v) is 13.5. The van der Waals surface area contributed by atoms with E-state index in [1.807, 2.05) is 0 Å². The van der Waals surface area contributed by atoms with E-state index in [1.54, 1.807) is 5.38 Å². The number of carboxylic acid groups (broad SMARTS) is 1. The molecule has 0 aliphatic carbocycles. The average molecular weight is 340 g/mol. The number of rotatable bonds is 5. The number of carbonyl (C=O) groups is 2. The molecule has 1 amide bonds. The van der Waals surface area contributed by atoms with Gasteiger partial charge in [-0.25, -0.2) is 9.78 Å². The minimum atomic E-state index is -1.04. The molecule has 0 aromatic carbocycles. The van der Waals surface area contributed by atoms with Crippen LogP contribution in [0.15, 0.2) is 5.38 Å². The van der Waals surface area contributed by atoms with Gasteiger partial charge >= 0.3 is 5.97 Å². The second-order valence-corrected chi connectivity index (χ2v) is 6.73. The average Bonchev–Trinajstić information content (AvgIpc) is 3.23. The Morgan fingerprint density at radius 1 is 1.35 bits per heavy atom. The zero-order valence-electron chi connectivity index (χ0n) is 12.7. The van der Waals surface area contributed by atoms with Crippen molar-refractivity contribution < 1.29 is 24.2 Å². The molecule has 7 nitrogen and oxygen atoms in total. The monoisotopic (exact) mass is 340 g/mol. The minimum Gasteiger partial charge on any atom is -0.480 e. The molecule has 1 aromatic heterocycles. The Bertz CT molecular complexity index is 564. The Balaban J connectivity index is 1.65. The van der Waals surface area contributed by atoms with Gasteiger partial charge in [0.2, 0.25) is 0 Å². The molecule has 0 unspecified atom stereocenters. The molecule has 3 rings (SSSR count). The Hall–Kier alpha value is -1.51. The first-order valence-corrected chi connectivity index (χ1v) is 8.71. The fraction of sp³-hybridized carbons (Fsp3) is 0.667. The molecule has 0 spiro atoms.